The van der Waals surface area contributed by atoms with Crippen LogP contribution in [0.25, 0.3) is 0 Å². The minimum absolute atomic E-state index is 0. The van der Waals surface area contributed by atoms with Crippen LogP contribution in [0.3, 0.4) is 0 Å². The number of benzene rings is 1. The highest BCUT2D eigenvalue weighted by atomic mass is 35.5. The van der Waals surface area contributed by atoms with E-state index in [2.05, 4.69) is 0 Å². The Bertz CT molecular complexity index is 294. The fourth-order valence-electron chi connectivity index (χ4n) is 1.64. The molecule has 0 saturated carbocycles. The van der Waals surface area contributed by atoms with E-state index in [9.17, 15) is 0 Å². The van der Waals surface area contributed by atoms with Crippen LogP contribution in [-0.2, 0) is 0 Å². The van der Waals surface area contributed by atoms with Crippen molar-refractivity contribution in [3.8, 4) is 5.75 Å². The van der Waals surface area contributed by atoms with Crippen LogP contribution in [0.5, 0.6) is 5.75 Å². The Hall–Kier alpha value is -0.770. The molecule has 0 saturated heterocycles. The van der Waals surface area contributed by atoms with Crippen LogP contribution >= 0.6 is 12.4 Å². The van der Waals surface area contributed by atoms with Crippen LogP contribution in [0.15, 0.2) is 24.3 Å². The van der Waals surface area contributed by atoms with Gasteiger partial charge in [0, 0.05) is 11.6 Å². The Morgan fingerprint density at radius 3 is 2.56 bits per heavy atom. The summed E-state index contributed by atoms with van der Waals surface area (Å²) in [4.78, 5) is 0. The maximum Gasteiger partial charge on any atom is 0.123 e. The third kappa shape index (κ3) is 4.39. The Morgan fingerprint density at radius 2 is 1.94 bits per heavy atom. The highest BCUT2D eigenvalue weighted by Crippen LogP contribution is 2.26. The lowest BCUT2D eigenvalue weighted by Gasteiger charge is -2.15. The zero-order valence-electron chi connectivity index (χ0n) is 9.69. The zero-order chi connectivity index (χ0) is 11.1. The molecular weight excluding hydrogens is 224 g/mol. The molecule has 0 aliphatic carbocycles. The lowest BCUT2D eigenvalue weighted by atomic mass is 10.0. The van der Waals surface area contributed by atoms with Gasteiger partial charge in [0.15, 0.2) is 0 Å². The maximum absolute atomic E-state index is 6.09. The summed E-state index contributed by atoms with van der Waals surface area (Å²) in [6, 6.07) is 7.95. The molecule has 0 aliphatic rings. The number of halogens is 1. The van der Waals surface area contributed by atoms with Crippen molar-refractivity contribution in [3.63, 3.8) is 0 Å². The first-order chi connectivity index (χ1) is 7.29. The first-order valence-electron chi connectivity index (χ1n) is 5.38. The Labute approximate surface area is 104 Å². The molecule has 1 aromatic carbocycles. The van der Waals surface area contributed by atoms with Crippen LogP contribution < -0.4 is 16.2 Å². The van der Waals surface area contributed by atoms with E-state index in [-0.39, 0.29) is 18.4 Å². The van der Waals surface area contributed by atoms with Gasteiger partial charge in [-0.05, 0) is 25.5 Å². The molecule has 0 spiro atoms. The molecule has 0 aliphatic heterocycles. The van der Waals surface area contributed by atoms with Gasteiger partial charge in [-0.1, -0.05) is 24.6 Å². The number of hydrogen-bond donors (Lipinski definition) is 2. The molecule has 92 valence electrons. The van der Waals surface area contributed by atoms with E-state index in [0.29, 0.717) is 0 Å². The second-order valence-corrected chi connectivity index (χ2v) is 3.63. The van der Waals surface area contributed by atoms with Crippen LogP contribution in [0, 0.1) is 0 Å². The van der Waals surface area contributed by atoms with Crippen molar-refractivity contribution in [2.24, 2.45) is 11.5 Å². The van der Waals surface area contributed by atoms with Crippen LogP contribution in [0.4, 0.5) is 0 Å². The van der Waals surface area contributed by atoms with E-state index in [1.54, 1.807) is 7.11 Å². The summed E-state index contributed by atoms with van der Waals surface area (Å²) in [5.41, 5.74) is 12.6. The van der Waals surface area contributed by atoms with Crippen LogP contribution in [-0.4, -0.2) is 13.7 Å². The van der Waals surface area contributed by atoms with Crippen molar-refractivity contribution >= 4 is 12.4 Å². The molecule has 1 aromatic rings. The highest BCUT2D eigenvalue weighted by Gasteiger charge is 2.10. The number of unbranched alkanes of at least 4 members (excludes halogenated alkanes) is 1. The predicted molar refractivity (Wildman–Crippen MR) is 70.1 cm³/mol. The molecule has 0 fully saturated rings. The van der Waals surface area contributed by atoms with E-state index in [0.717, 1.165) is 37.1 Å². The van der Waals surface area contributed by atoms with Gasteiger partial charge in [-0.2, -0.15) is 0 Å². The number of para-hydroxylation sites is 1. The van der Waals surface area contributed by atoms with Gasteiger partial charge in [-0.15, -0.1) is 12.4 Å². The minimum Gasteiger partial charge on any atom is -0.496 e. The van der Waals surface area contributed by atoms with Gasteiger partial charge in [0.1, 0.15) is 5.75 Å². The Morgan fingerprint density at radius 1 is 1.25 bits per heavy atom. The van der Waals surface area contributed by atoms with E-state index >= 15 is 0 Å². The van der Waals surface area contributed by atoms with E-state index in [1.165, 1.54) is 0 Å². The first kappa shape index (κ1) is 15.2. The fourth-order valence-corrected chi connectivity index (χ4v) is 1.64. The molecule has 4 heteroatoms. The summed E-state index contributed by atoms with van der Waals surface area (Å²) < 4.78 is 5.27. The minimum atomic E-state index is 0. The lowest BCUT2D eigenvalue weighted by molar-refractivity contribution is 0.403. The summed E-state index contributed by atoms with van der Waals surface area (Å²) >= 11 is 0. The second-order valence-electron chi connectivity index (χ2n) is 3.63. The third-order valence-corrected chi connectivity index (χ3v) is 2.51. The van der Waals surface area contributed by atoms with Gasteiger partial charge < -0.3 is 16.2 Å². The summed E-state index contributed by atoms with van der Waals surface area (Å²) in [7, 11) is 1.67. The van der Waals surface area contributed by atoms with Crippen molar-refractivity contribution in [2.45, 2.75) is 25.3 Å². The monoisotopic (exact) mass is 244 g/mol. The van der Waals surface area contributed by atoms with Gasteiger partial charge in [0.2, 0.25) is 0 Å². The van der Waals surface area contributed by atoms with Crippen molar-refractivity contribution in [1.29, 1.82) is 0 Å². The normalized spacial score (nSPS) is 11.7. The van der Waals surface area contributed by atoms with Gasteiger partial charge in [0.25, 0.3) is 0 Å². The van der Waals surface area contributed by atoms with Crippen LogP contribution in [0.2, 0.25) is 0 Å². The molecule has 0 bridgehead atoms. The van der Waals surface area contributed by atoms with Crippen molar-refractivity contribution in [3.05, 3.63) is 29.8 Å². The SMILES string of the molecule is COc1ccccc1[C@@H](N)CCCCN.Cl. The van der Waals surface area contributed by atoms with Gasteiger partial charge >= 0.3 is 0 Å². The molecule has 0 amide bonds. The summed E-state index contributed by atoms with van der Waals surface area (Å²) in [5, 5.41) is 0. The molecule has 0 unspecified atom stereocenters. The molecule has 3 nitrogen and oxygen atoms in total. The summed E-state index contributed by atoms with van der Waals surface area (Å²) in [6.07, 6.45) is 3.05. The van der Waals surface area contributed by atoms with Crippen molar-refractivity contribution in [1.82, 2.24) is 0 Å². The zero-order valence-corrected chi connectivity index (χ0v) is 10.5. The Kier molecular flexibility index (Phi) is 7.99. The molecule has 1 atom stereocenters. The van der Waals surface area contributed by atoms with Crippen LogP contribution in [0.1, 0.15) is 30.9 Å². The van der Waals surface area contributed by atoms with Gasteiger partial charge in [0.05, 0.1) is 7.11 Å². The van der Waals surface area contributed by atoms with Gasteiger partial charge in [-0.3, -0.25) is 0 Å². The number of hydrogen-bond acceptors (Lipinski definition) is 3. The lowest BCUT2D eigenvalue weighted by Crippen LogP contribution is -2.12. The summed E-state index contributed by atoms with van der Waals surface area (Å²) in [6.45, 7) is 0.735. The highest BCUT2D eigenvalue weighted by molar-refractivity contribution is 5.85. The number of nitrogens with two attached hydrogens (primary N) is 2. The number of methoxy groups -OCH3 is 1. The Balaban J connectivity index is 0.00000225. The first-order valence-corrected chi connectivity index (χ1v) is 5.38. The standard InChI is InChI=1S/C12H20N2O.ClH/c1-15-12-8-3-2-6-10(12)11(14)7-4-5-9-13;/h2-3,6,8,11H,4-5,7,9,13-14H2,1H3;1H/t11-;/m0./s1. The molecule has 4 N–H and O–H groups in total. The maximum atomic E-state index is 6.09. The molecule has 0 aromatic heterocycles. The molecule has 0 heterocycles. The quantitative estimate of drug-likeness (QED) is 0.755. The fraction of sp³-hybridized carbons (Fsp3) is 0.500. The number of rotatable bonds is 6. The van der Waals surface area contributed by atoms with Gasteiger partial charge in [-0.25, -0.2) is 0 Å². The third-order valence-electron chi connectivity index (χ3n) is 2.51. The van der Waals surface area contributed by atoms with Crippen molar-refractivity contribution < 1.29 is 4.74 Å². The topological polar surface area (TPSA) is 61.3 Å². The average molecular weight is 245 g/mol. The second kappa shape index (κ2) is 8.39. The predicted octanol–water partition coefficient (Wildman–Crippen LogP) is 2.25. The smallest absolute Gasteiger partial charge is 0.123 e. The number of ether oxygens (including phenoxy) is 1. The molecule has 0 radical (unpaired) electrons. The molecule has 16 heavy (non-hydrogen) atoms. The summed E-state index contributed by atoms with van der Waals surface area (Å²) in [5.74, 6) is 0.873. The molecular formula is C12H21ClN2O. The van der Waals surface area contributed by atoms with Crippen molar-refractivity contribution in [2.75, 3.05) is 13.7 Å². The average Bonchev–Trinajstić information content (AvgIpc) is 2.29. The van der Waals surface area contributed by atoms with E-state index < -0.39 is 0 Å². The largest absolute Gasteiger partial charge is 0.496 e. The van der Waals surface area contributed by atoms with E-state index in [4.69, 9.17) is 16.2 Å². The molecule has 1 rings (SSSR count). The van der Waals surface area contributed by atoms with E-state index in [1.807, 2.05) is 24.3 Å².